The second-order valence-corrected chi connectivity index (χ2v) is 6.84. The van der Waals surface area contributed by atoms with Gasteiger partial charge in [-0.15, -0.1) is 0 Å². The maximum atomic E-state index is 12.0. The fraction of sp³-hybridized carbons (Fsp3) is 0.500. The number of aliphatic carboxylic acids is 1. The molecule has 0 saturated carbocycles. The van der Waals surface area contributed by atoms with Gasteiger partial charge in [-0.2, -0.15) is 0 Å². The molecule has 1 rings (SSSR count). The molecule has 0 fully saturated rings. The highest BCUT2D eigenvalue weighted by molar-refractivity contribution is 7.89. The number of ether oxygens (including phenoxy) is 1. The number of hydrogen-bond donors (Lipinski definition) is 2. The SMILES string of the molecule is COCC(C)CS(=O)(=O)N[C@H](Cc1ccccc1)C(=O)O. The fourth-order valence-corrected chi connectivity index (χ4v) is 3.56. The summed E-state index contributed by atoms with van der Waals surface area (Å²) in [5.41, 5.74) is 0.762. The number of rotatable bonds is 9. The van der Waals surface area contributed by atoms with Gasteiger partial charge in [0.05, 0.1) is 5.75 Å². The van der Waals surface area contributed by atoms with Crippen molar-refractivity contribution in [2.45, 2.75) is 19.4 Å². The van der Waals surface area contributed by atoms with Crippen LogP contribution in [0.15, 0.2) is 30.3 Å². The molecule has 0 saturated heterocycles. The van der Waals surface area contributed by atoms with E-state index in [1.807, 2.05) is 6.07 Å². The van der Waals surface area contributed by atoms with Gasteiger partial charge < -0.3 is 9.84 Å². The van der Waals surface area contributed by atoms with Crippen molar-refractivity contribution in [2.24, 2.45) is 5.92 Å². The van der Waals surface area contributed by atoms with E-state index < -0.39 is 22.0 Å². The topological polar surface area (TPSA) is 92.7 Å². The van der Waals surface area contributed by atoms with Gasteiger partial charge in [0.2, 0.25) is 10.0 Å². The predicted molar refractivity (Wildman–Crippen MR) is 79.5 cm³/mol. The van der Waals surface area contributed by atoms with Crippen LogP contribution < -0.4 is 4.72 Å². The molecule has 6 nitrogen and oxygen atoms in total. The first-order valence-electron chi connectivity index (χ1n) is 6.59. The van der Waals surface area contributed by atoms with E-state index in [0.717, 1.165) is 5.56 Å². The monoisotopic (exact) mass is 315 g/mol. The number of nitrogens with one attached hydrogen (secondary N) is 1. The first-order chi connectivity index (χ1) is 9.84. The van der Waals surface area contributed by atoms with Gasteiger partial charge in [-0.3, -0.25) is 4.79 Å². The van der Waals surface area contributed by atoms with Crippen LogP contribution in [0.5, 0.6) is 0 Å². The zero-order chi connectivity index (χ0) is 15.9. The van der Waals surface area contributed by atoms with Gasteiger partial charge in [-0.1, -0.05) is 37.3 Å². The summed E-state index contributed by atoms with van der Waals surface area (Å²) in [5, 5.41) is 9.18. The zero-order valence-electron chi connectivity index (χ0n) is 12.2. The Morgan fingerprint density at radius 1 is 1.33 bits per heavy atom. The molecule has 0 amide bonds. The summed E-state index contributed by atoms with van der Waals surface area (Å²) < 4.78 is 31.1. The van der Waals surface area contributed by atoms with E-state index >= 15 is 0 Å². The molecular formula is C14H21NO5S. The minimum Gasteiger partial charge on any atom is -0.480 e. The standard InChI is InChI=1S/C14H21NO5S/c1-11(9-20-2)10-21(18,19)15-13(14(16)17)8-12-6-4-3-5-7-12/h3-7,11,13,15H,8-10H2,1-2H3,(H,16,17)/t11?,13-/m1/s1. The summed E-state index contributed by atoms with van der Waals surface area (Å²) in [5.74, 6) is -1.57. The molecule has 0 radical (unpaired) electrons. The van der Waals surface area contributed by atoms with Crippen molar-refractivity contribution in [1.29, 1.82) is 0 Å². The molecule has 0 aliphatic heterocycles. The fourth-order valence-electron chi connectivity index (χ4n) is 2.00. The molecule has 0 aliphatic rings. The van der Waals surface area contributed by atoms with Crippen LogP contribution in [0.4, 0.5) is 0 Å². The zero-order valence-corrected chi connectivity index (χ0v) is 13.0. The van der Waals surface area contributed by atoms with Crippen LogP contribution in [-0.4, -0.2) is 45.0 Å². The van der Waals surface area contributed by atoms with E-state index in [9.17, 15) is 18.3 Å². The molecule has 0 bridgehead atoms. The highest BCUT2D eigenvalue weighted by Crippen LogP contribution is 2.07. The Balaban J connectivity index is 2.72. The molecule has 21 heavy (non-hydrogen) atoms. The molecule has 0 aromatic heterocycles. The molecule has 1 aromatic rings. The van der Waals surface area contributed by atoms with Gasteiger partial charge in [-0.25, -0.2) is 13.1 Å². The highest BCUT2D eigenvalue weighted by Gasteiger charge is 2.25. The Bertz CT molecular complexity index is 544. The van der Waals surface area contributed by atoms with Crippen LogP contribution in [0.1, 0.15) is 12.5 Å². The molecular weight excluding hydrogens is 294 g/mol. The van der Waals surface area contributed by atoms with E-state index in [1.165, 1.54) is 7.11 Å². The van der Waals surface area contributed by atoms with Crippen molar-refractivity contribution < 1.29 is 23.1 Å². The van der Waals surface area contributed by atoms with Crippen LogP contribution in [0, 0.1) is 5.92 Å². The Morgan fingerprint density at radius 2 is 1.95 bits per heavy atom. The average molecular weight is 315 g/mol. The van der Waals surface area contributed by atoms with E-state index in [0.29, 0.717) is 6.61 Å². The smallest absolute Gasteiger partial charge is 0.322 e. The number of methoxy groups -OCH3 is 1. The third-order valence-corrected chi connectivity index (χ3v) is 4.51. The number of hydrogen-bond acceptors (Lipinski definition) is 4. The van der Waals surface area contributed by atoms with Gasteiger partial charge in [0.1, 0.15) is 6.04 Å². The predicted octanol–water partition coefficient (Wildman–Crippen LogP) is 0.884. The number of sulfonamides is 1. The lowest BCUT2D eigenvalue weighted by atomic mass is 10.1. The van der Waals surface area contributed by atoms with E-state index in [1.54, 1.807) is 31.2 Å². The Morgan fingerprint density at radius 3 is 2.48 bits per heavy atom. The van der Waals surface area contributed by atoms with E-state index in [4.69, 9.17) is 4.74 Å². The lowest BCUT2D eigenvalue weighted by Gasteiger charge is -2.17. The van der Waals surface area contributed by atoms with Gasteiger partial charge in [-0.05, 0) is 17.9 Å². The molecule has 0 heterocycles. The van der Waals surface area contributed by atoms with Crippen molar-refractivity contribution in [3.8, 4) is 0 Å². The number of carboxylic acids is 1. The molecule has 1 aromatic carbocycles. The van der Waals surface area contributed by atoms with Crippen molar-refractivity contribution in [3.63, 3.8) is 0 Å². The number of benzene rings is 1. The van der Waals surface area contributed by atoms with E-state index in [2.05, 4.69) is 4.72 Å². The first kappa shape index (κ1) is 17.6. The molecule has 118 valence electrons. The van der Waals surface area contributed by atoms with Crippen LogP contribution in [0.2, 0.25) is 0 Å². The largest absolute Gasteiger partial charge is 0.480 e. The van der Waals surface area contributed by atoms with Crippen LogP contribution >= 0.6 is 0 Å². The molecule has 0 aliphatic carbocycles. The van der Waals surface area contributed by atoms with Gasteiger partial charge >= 0.3 is 5.97 Å². The molecule has 2 atom stereocenters. The average Bonchev–Trinajstić information content (AvgIpc) is 2.38. The highest BCUT2D eigenvalue weighted by atomic mass is 32.2. The minimum atomic E-state index is -3.68. The molecule has 1 unspecified atom stereocenters. The van der Waals surface area contributed by atoms with Gasteiger partial charge in [0.25, 0.3) is 0 Å². The molecule has 7 heteroatoms. The second kappa shape index (κ2) is 8.11. The number of carbonyl (C=O) groups is 1. The minimum absolute atomic E-state index is 0.105. The lowest BCUT2D eigenvalue weighted by molar-refractivity contribution is -0.138. The summed E-state index contributed by atoms with van der Waals surface area (Å²) >= 11 is 0. The van der Waals surface area contributed by atoms with Crippen molar-refractivity contribution in [3.05, 3.63) is 35.9 Å². The van der Waals surface area contributed by atoms with E-state index in [-0.39, 0.29) is 18.1 Å². The normalized spacial score (nSPS) is 14.6. The lowest BCUT2D eigenvalue weighted by Crippen LogP contribution is -2.44. The summed E-state index contributed by atoms with van der Waals surface area (Å²) in [4.78, 5) is 11.2. The molecule has 0 spiro atoms. The molecule has 2 N–H and O–H groups in total. The van der Waals surface area contributed by atoms with Crippen molar-refractivity contribution in [1.82, 2.24) is 4.72 Å². The first-order valence-corrected chi connectivity index (χ1v) is 8.25. The summed E-state index contributed by atoms with van der Waals surface area (Å²) in [7, 11) is -2.19. The number of carboxylic acid groups (broad SMARTS) is 1. The maximum Gasteiger partial charge on any atom is 0.322 e. The van der Waals surface area contributed by atoms with Crippen LogP contribution in [0.25, 0.3) is 0 Å². The maximum absolute atomic E-state index is 12.0. The quantitative estimate of drug-likeness (QED) is 0.706. The van der Waals surface area contributed by atoms with Crippen LogP contribution in [0.3, 0.4) is 0 Å². The van der Waals surface area contributed by atoms with Crippen molar-refractivity contribution >= 4 is 16.0 Å². The third kappa shape index (κ3) is 6.70. The van der Waals surface area contributed by atoms with Crippen LogP contribution in [-0.2, 0) is 26.0 Å². The summed E-state index contributed by atoms with van der Waals surface area (Å²) in [6, 6.07) is 7.73. The third-order valence-electron chi connectivity index (χ3n) is 2.86. The van der Waals surface area contributed by atoms with Gasteiger partial charge in [0.15, 0.2) is 0 Å². The Labute approximate surface area is 125 Å². The summed E-state index contributed by atoms with van der Waals surface area (Å²) in [6.07, 6.45) is 0.105. The second-order valence-electron chi connectivity index (χ2n) is 5.04. The Kier molecular flexibility index (Phi) is 6.80. The Hall–Kier alpha value is -1.44. The summed E-state index contributed by atoms with van der Waals surface area (Å²) in [6.45, 7) is 2.03. The van der Waals surface area contributed by atoms with Crippen molar-refractivity contribution in [2.75, 3.05) is 19.5 Å². The van der Waals surface area contributed by atoms with Gasteiger partial charge in [0, 0.05) is 13.7 Å².